The number of hydrogen-bond acceptors (Lipinski definition) is 4. The molecule has 0 aromatic heterocycles. The van der Waals surface area contributed by atoms with E-state index in [4.69, 9.17) is 9.47 Å². The minimum atomic E-state index is -4.39. The Morgan fingerprint density at radius 3 is 2.06 bits per heavy atom. The highest BCUT2D eigenvalue weighted by Crippen LogP contribution is 2.32. The Balaban J connectivity index is 1.60. The van der Waals surface area contributed by atoms with Gasteiger partial charge in [0, 0.05) is 13.0 Å². The second kappa shape index (κ2) is 10.8. The first kappa shape index (κ1) is 23.3. The number of ether oxygens (including phenoxy) is 2. The highest BCUT2D eigenvalue weighted by atomic mass is 19.4. The summed E-state index contributed by atoms with van der Waals surface area (Å²) in [6, 6.07) is 22.9. The quantitative estimate of drug-likeness (QED) is 0.312. The maximum atomic E-state index is 12.8. The van der Waals surface area contributed by atoms with Gasteiger partial charge in [-0.3, -0.25) is 9.69 Å². The maximum Gasteiger partial charge on any atom is 0.416 e. The molecule has 0 saturated carbocycles. The van der Waals surface area contributed by atoms with Crippen molar-refractivity contribution in [1.82, 2.24) is 4.90 Å². The molecule has 0 saturated heterocycles. The fourth-order valence-electron chi connectivity index (χ4n) is 3.14. The lowest BCUT2D eigenvalue weighted by Crippen LogP contribution is -2.31. The van der Waals surface area contributed by atoms with Gasteiger partial charge in [-0.1, -0.05) is 48.5 Å². The molecule has 7 heteroatoms. The maximum absolute atomic E-state index is 12.8. The highest BCUT2D eigenvalue weighted by molar-refractivity contribution is 5.74. The zero-order valence-electron chi connectivity index (χ0n) is 17.6. The number of rotatable bonds is 9. The van der Waals surface area contributed by atoms with Crippen molar-refractivity contribution in [3.05, 3.63) is 96.1 Å². The van der Waals surface area contributed by atoms with Gasteiger partial charge in [0.2, 0.25) is 0 Å². The van der Waals surface area contributed by atoms with Crippen LogP contribution in [0.1, 0.15) is 23.7 Å². The van der Waals surface area contributed by atoms with Crippen molar-refractivity contribution in [1.29, 1.82) is 0 Å². The molecule has 32 heavy (non-hydrogen) atoms. The Labute approximate surface area is 185 Å². The van der Waals surface area contributed by atoms with E-state index in [2.05, 4.69) is 0 Å². The summed E-state index contributed by atoms with van der Waals surface area (Å²) in [5.74, 6) is 0.454. The van der Waals surface area contributed by atoms with E-state index in [1.54, 1.807) is 31.3 Å². The summed E-state index contributed by atoms with van der Waals surface area (Å²) in [4.78, 5) is 14.0. The number of carbonyl (C=O) groups excluding carboxylic acids is 1. The normalized spacial score (nSPS) is 12.4. The van der Waals surface area contributed by atoms with Crippen molar-refractivity contribution in [2.24, 2.45) is 0 Å². The number of halogens is 3. The third kappa shape index (κ3) is 7.13. The average Bonchev–Trinajstić information content (AvgIpc) is 2.77. The zero-order valence-corrected chi connectivity index (χ0v) is 17.6. The first-order valence-electron chi connectivity index (χ1n) is 10.1. The summed E-state index contributed by atoms with van der Waals surface area (Å²) in [6.07, 6.45) is -4.25. The minimum Gasteiger partial charge on any atom is -0.486 e. The third-order valence-electron chi connectivity index (χ3n) is 4.78. The number of carbonyl (C=O) groups is 1. The van der Waals surface area contributed by atoms with Gasteiger partial charge in [0.25, 0.3) is 0 Å². The number of hydrogen-bond donors (Lipinski definition) is 0. The van der Waals surface area contributed by atoms with Crippen LogP contribution in [0.5, 0.6) is 11.5 Å². The largest absolute Gasteiger partial charge is 0.486 e. The summed E-state index contributed by atoms with van der Waals surface area (Å²) in [5.41, 5.74) is 0.172. The monoisotopic (exact) mass is 443 g/mol. The van der Waals surface area contributed by atoms with E-state index in [1.165, 1.54) is 12.1 Å². The van der Waals surface area contributed by atoms with E-state index in [-0.39, 0.29) is 18.6 Å². The molecule has 4 nitrogen and oxygen atoms in total. The second-order valence-corrected chi connectivity index (χ2v) is 7.35. The molecule has 3 aromatic rings. The van der Waals surface area contributed by atoms with Crippen molar-refractivity contribution in [3.8, 4) is 11.5 Å². The van der Waals surface area contributed by atoms with Gasteiger partial charge >= 0.3 is 12.1 Å². The van der Waals surface area contributed by atoms with E-state index < -0.39 is 11.7 Å². The van der Waals surface area contributed by atoms with Crippen LogP contribution in [0.4, 0.5) is 13.2 Å². The van der Waals surface area contributed by atoms with Crippen LogP contribution in [0.15, 0.2) is 84.9 Å². The molecule has 1 unspecified atom stereocenters. The van der Waals surface area contributed by atoms with E-state index >= 15 is 0 Å². The van der Waals surface area contributed by atoms with Crippen molar-refractivity contribution in [3.63, 3.8) is 0 Å². The Bertz CT molecular complexity index is 977. The Morgan fingerprint density at radius 2 is 1.47 bits per heavy atom. The molecule has 0 amide bonds. The van der Waals surface area contributed by atoms with Gasteiger partial charge in [0.1, 0.15) is 17.6 Å². The number of likely N-dealkylation sites (N-methyl/N-ethyl adjacent to an activating group) is 1. The molecule has 1 atom stereocenters. The smallest absolute Gasteiger partial charge is 0.416 e. The summed E-state index contributed by atoms with van der Waals surface area (Å²) < 4.78 is 49.8. The Hall–Kier alpha value is -3.32. The standard InChI is InChI=1S/C25H24F3NO3/c1-29(18-24(30)32-21-10-6-3-7-11-21)17-16-23(19-8-4-2-5-9-19)31-22-14-12-20(13-15-22)25(26,27)28/h2-15,23H,16-18H2,1H3. The van der Waals surface area contributed by atoms with Crippen LogP contribution in [0.3, 0.4) is 0 Å². The van der Waals surface area contributed by atoms with E-state index in [1.807, 2.05) is 41.3 Å². The summed E-state index contributed by atoms with van der Waals surface area (Å²) in [7, 11) is 1.80. The Morgan fingerprint density at radius 1 is 0.875 bits per heavy atom. The van der Waals surface area contributed by atoms with Crippen molar-refractivity contribution < 1.29 is 27.4 Å². The number of alkyl halides is 3. The van der Waals surface area contributed by atoms with Crippen LogP contribution >= 0.6 is 0 Å². The Kier molecular flexibility index (Phi) is 7.89. The van der Waals surface area contributed by atoms with Crippen LogP contribution in [0.25, 0.3) is 0 Å². The van der Waals surface area contributed by atoms with E-state index in [9.17, 15) is 18.0 Å². The predicted molar refractivity (Wildman–Crippen MR) is 115 cm³/mol. The van der Waals surface area contributed by atoms with Gasteiger partial charge in [-0.05, 0) is 49.0 Å². The van der Waals surface area contributed by atoms with Crippen LogP contribution < -0.4 is 9.47 Å². The van der Waals surface area contributed by atoms with Crippen molar-refractivity contribution >= 4 is 5.97 Å². The van der Waals surface area contributed by atoms with Crippen LogP contribution in [-0.4, -0.2) is 31.0 Å². The summed E-state index contributed by atoms with van der Waals surface area (Å²) in [6.45, 7) is 0.612. The molecule has 3 rings (SSSR count). The number of benzene rings is 3. The SMILES string of the molecule is CN(CCC(Oc1ccc(C(F)(F)F)cc1)c1ccccc1)CC(=O)Oc1ccccc1. The van der Waals surface area contributed by atoms with Gasteiger partial charge in [-0.25, -0.2) is 0 Å². The molecule has 0 heterocycles. The molecule has 0 aliphatic heterocycles. The molecule has 0 radical (unpaired) electrons. The van der Waals surface area contributed by atoms with Crippen molar-refractivity contribution in [2.45, 2.75) is 18.7 Å². The van der Waals surface area contributed by atoms with E-state index in [0.29, 0.717) is 24.5 Å². The first-order valence-corrected chi connectivity index (χ1v) is 10.1. The van der Waals surface area contributed by atoms with Gasteiger partial charge in [0.15, 0.2) is 0 Å². The fourth-order valence-corrected chi connectivity index (χ4v) is 3.14. The molecule has 0 bridgehead atoms. The molecule has 0 aliphatic carbocycles. The number of para-hydroxylation sites is 1. The van der Waals surface area contributed by atoms with Crippen LogP contribution in [0, 0.1) is 0 Å². The number of nitrogens with zero attached hydrogens (tertiary/aromatic N) is 1. The molecular weight excluding hydrogens is 419 g/mol. The molecule has 0 aliphatic rings. The lowest BCUT2D eigenvalue weighted by Gasteiger charge is -2.23. The van der Waals surface area contributed by atoms with Crippen LogP contribution in [-0.2, 0) is 11.0 Å². The lowest BCUT2D eigenvalue weighted by atomic mass is 10.1. The number of esters is 1. The second-order valence-electron chi connectivity index (χ2n) is 7.35. The van der Waals surface area contributed by atoms with Crippen molar-refractivity contribution in [2.75, 3.05) is 20.1 Å². The highest BCUT2D eigenvalue weighted by Gasteiger charge is 2.30. The molecular formula is C25H24F3NO3. The van der Waals surface area contributed by atoms with E-state index in [0.717, 1.165) is 17.7 Å². The molecule has 0 N–H and O–H groups in total. The molecule has 3 aromatic carbocycles. The predicted octanol–water partition coefficient (Wildman–Crippen LogP) is 5.75. The third-order valence-corrected chi connectivity index (χ3v) is 4.78. The fraction of sp³-hybridized carbons (Fsp3) is 0.240. The zero-order chi connectivity index (χ0) is 23.0. The van der Waals surface area contributed by atoms with Crippen LogP contribution in [0.2, 0.25) is 0 Å². The first-order chi connectivity index (χ1) is 15.3. The summed E-state index contributed by atoms with van der Waals surface area (Å²) >= 11 is 0. The average molecular weight is 443 g/mol. The topological polar surface area (TPSA) is 38.8 Å². The lowest BCUT2D eigenvalue weighted by molar-refractivity contribution is -0.137. The van der Waals surface area contributed by atoms with Gasteiger partial charge in [0.05, 0.1) is 12.1 Å². The molecule has 168 valence electrons. The van der Waals surface area contributed by atoms with Gasteiger partial charge in [-0.2, -0.15) is 13.2 Å². The molecule has 0 spiro atoms. The molecule has 0 fully saturated rings. The minimum absolute atomic E-state index is 0.0939. The van der Waals surface area contributed by atoms with Gasteiger partial charge < -0.3 is 9.47 Å². The van der Waals surface area contributed by atoms with Gasteiger partial charge in [-0.15, -0.1) is 0 Å². The summed E-state index contributed by atoms with van der Waals surface area (Å²) in [5, 5.41) is 0.